The average molecular weight is 378 g/mol. The van der Waals surface area contributed by atoms with Crippen LogP contribution in [0.15, 0.2) is 41.0 Å². The molecule has 0 amide bonds. The van der Waals surface area contributed by atoms with E-state index in [0.29, 0.717) is 24.0 Å². The third-order valence-corrected chi connectivity index (χ3v) is 2.26. The second-order valence-electron chi connectivity index (χ2n) is 3.19. The standard InChI is InChI=1S/C11H8F3.Hf.2H/c12-11(13,14)10-7-3-6-9(10)8-4-1-2-5-8;;;/h1,3-4,7H,2,6H2;;;/q-1;;2*-1. The predicted octanol–water partition coefficient (Wildman–Crippen LogP) is 3.72. The van der Waals surface area contributed by atoms with Crippen LogP contribution in [-0.4, -0.2) is 6.18 Å². The van der Waals surface area contributed by atoms with E-state index in [9.17, 15) is 13.2 Å². The van der Waals surface area contributed by atoms with Gasteiger partial charge in [-0.1, -0.05) is 25.0 Å². The summed E-state index contributed by atoms with van der Waals surface area (Å²) in [5.74, 6) is 0. The summed E-state index contributed by atoms with van der Waals surface area (Å²) in [7, 11) is 0. The third-order valence-electron chi connectivity index (χ3n) is 2.26. The molecule has 0 nitrogen and oxygen atoms in total. The molecule has 0 aromatic carbocycles. The van der Waals surface area contributed by atoms with Crippen molar-refractivity contribution in [3.8, 4) is 0 Å². The monoisotopic (exact) mass is 379 g/mol. The van der Waals surface area contributed by atoms with Gasteiger partial charge in [0, 0.05) is 31.4 Å². The molecule has 0 heterocycles. The van der Waals surface area contributed by atoms with Crippen LogP contribution in [0.3, 0.4) is 0 Å². The summed E-state index contributed by atoms with van der Waals surface area (Å²) in [6, 6.07) is 0. The van der Waals surface area contributed by atoms with Gasteiger partial charge in [0.25, 0.3) is 0 Å². The Morgan fingerprint density at radius 3 is 2.47 bits per heavy atom. The first-order chi connectivity index (χ1) is 6.59. The number of halogens is 3. The first kappa shape index (κ1) is 12.7. The molecule has 15 heavy (non-hydrogen) atoms. The van der Waals surface area contributed by atoms with Crippen molar-refractivity contribution >= 4 is 0 Å². The van der Waals surface area contributed by atoms with Crippen LogP contribution in [0.4, 0.5) is 13.2 Å². The zero-order valence-corrected chi connectivity index (χ0v) is 11.5. The van der Waals surface area contributed by atoms with E-state index >= 15 is 0 Å². The van der Waals surface area contributed by atoms with Crippen molar-refractivity contribution in [3.05, 3.63) is 47.1 Å². The molecule has 0 aromatic heterocycles. The normalized spacial score (nSPS) is 19.5. The largest absolute Gasteiger partial charge is 1.00 e. The molecule has 0 unspecified atom stereocenters. The van der Waals surface area contributed by atoms with Gasteiger partial charge in [0.05, 0.1) is 0 Å². The Morgan fingerprint density at radius 2 is 1.93 bits per heavy atom. The maximum Gasteiger partial charge on any atom is 0.405 e. The Balaban J connectivity index is 0. The van der Waals surface area contributed by atoms with Crippen molar-refractivity contribution in [3.63, 3.8) is 0 Å². The molecule has 0 N–H and O–H groups in total. The van der Waals surface area contributed by atoms with Crippen molar-refractivity contribution in [1.82, 2.24) is 0 Å². The van der Waals surface area contributed by atoms with Gasteiger partial charge < -0.3 is 2.85 Å². The van der Waals surface area contributed by atoms with Gasteiger partial charge in [-0.05, 0) is 0 Å². The average Bonchev–Trinajstić information content (AvgIpc) is 2.73. The molecule has 0 atom stereocenters. The molecule has 0 saturated carbocycles. The Kier molecular flexibility index (Phi) is 3.93. The van der Waals surface area contributed by atoms with E-state index in [1.54, 1.807) is 12.2 Å². The van der Waals surface area contributed by atoms with Gasteiger partial charge in [0.15, 0.2) is 0 Å². The second-order valence-corrected chi connectivity index (χ2v) is 3.19. The van der Waals surface area contributed by atoms with E-state index in [1.165, 1.54) is 0 Å². The van der Waals surface area contributed by atoms with Crippen LogP contribution >= 0.6 is 0 Å². The summed E-state index contributed by atoms with van der Waals surface area (Å²) in [5.41, 5.74) is 0.431. The first-order valence-corrected chi connectivity index (χ1v) is 4.33. The van der Waals surface area contributed by atoms with Crippen molar-refractivity contribution in [2.75, 3.05) is 0 Å². The van der Waals surface area contributed by atoms with Gasteiger partial charge in [0.2, 0.25) is 0 Å². The maximum atomic E-state index is 12.5. The molecule has 0 fully saturated rings. The van der Waals surface area contributed by atoms with Gasteiger partial charge >= 0.3 is 6.18 Å². The molecule has 0 aliphatic heterocycles. The maximum absolute atomic E-state index is 12.5. The SMILES string of the molecule is FC(F)(F)C1=C(C2=[C-]CC=C2)CC=C1.[H-].[H-].[Hf]. The molecule has 2 aliphatic carbocycles. The van der Waals surface area contributed by atoms with E-state index in [1.807, 2.05) is 6.08 Å². The number of allylic oxidation sites excluding steroid dienone is 8. The second kappa shape index (κ2) is 4.64. The zero-order chi connectivity index (χ0) is 10.2. The van der Waals surface area contributed by atoms with Gasteiger partial charge in [0.1, 0.15) is 0 Å². The van der Waals surface area contributed by atoms with Gasteiger partial charge in [-0.25, -0.2) is 0 Å². The molecule has 0 saturated heterocycles. The molecule has 82 valence electrons. The molecule has 0 aromatic rings. The minimum atomic E-state index is -4.24. The summed E-state index contributed by atoms with van der Waals surface area (Å²) in [4.78, 5) is 0. The molecule has 2 aliphatic rings. The zero-order valence-electron chi connectivity index (χ0n) is 9.86. The van der Waals surface area contributed by atoms with E-state index in [4.69, 9.17) is 0 Å². The number of hydrogen-bond acceptors (Lipinski definition) is 0. The molecule has 0 bridgehead atoms. The number of rotatable bonds is 1. The van der Waals surface area contributed by atoms with Gasteiger partial charge in [-0.3, -0.25) is 0 Å². The van der Waals surface area contributed by atoms with Crippen LogP contribution in [0.25, 0.3) is 0 Å². The smallest absolute Gasteiger partial charge is 0.405 e. The van der Waals surface area contributed by atoms with Crippen molar-refractivity contribution in [2.24, 2.45) is 0 Å². The van der Waals surface area contributed by atoms with E-state index in [2.05, 4.69) is 6.08 Å². The first-order valence-electron chi connectivity index (χ1n) is 4.33. The number of alkyl halides is 3. The minimum Gasteiger partial charge on any atom is -1.00 e. The predicted molar refractivity (Wildman–Crippen MR) is 49.6 cm³/mol. The summed E-state index contributed by atoms with van der Waals surface area (Å²) < 4.78 is 37.5. The third kappa shape index (κ3) is 2.60. The van der Waals surface area contributed by atoms with Crippen molar-refractivity contribution in [1.29, 1.82) is 0 Å². The fourth-order valence-electron chi connectivity index (χ4n) is 1.64. The molecule has 0 spiro atoms. The summed E-state index contributed by atoms with van der Waals surface area (Å²) in [6.45, 7) is 0. The Labute approximate surface area is 108 Å². The molecule has 2 rings (SSSR count). The van der Waals surface area contributed by atoms with Crippen LogP contribution in [0.5, 0.6) is 0 Å². The number of hydrogen-bond donors (Lipinski definition) is 0. The van der Waals surface area contributed by atoms with E-state index in [-0.39, 0.29) is 28.7 Å². The van der Waals surface area contributed by atoms with Gasteiger partial charge in [-0.2, -0.15) is 30.9 Å². The molecule has 4 heteroatoms. The minimum absolute atomic E-state index is 0. The van der Waals surface area contributed by atoms with Crippen LogP contribution in [-0.2, 0) is 25.8 Å². The van der Waals surface area contributed by atoms with Crippen LogP contribution < -0.4 is 0 Å². The molecular formula is C11H10F3Hf-3. The summed E-state index contributed by atoms with van der Waals surface area (Å²) in [6.07, 6.45) is 5.85. The fourth-order valence-corrected chi connectivity index (χ4v) is 1.64. The van der Waals surface area contributed by atoms with Gasteiger partial charge in [-0.15, -0.1) is 11.6 Å². The summed E-state index contributed by atoms with van der Waals surface area (Å²) in [5, 5.41) is 0. The topological polar surface area (TPSA) is 0 Å². The Hall–Kier alpha value is -0.380. The molecular weight excluding hydrogens is 368 g/mol. The fraction of sp³-hybridized carbons (Fsp3) is 0.273. The Bertz CT molecular complexity index is 379. The van der Waals surface area contributed by atoms with Crippen LogP contribution in [0.1, 0.15) is 15.7 Å². The molecule has 0 radical (unpaired) electrons. The van der Waals surface area contributed by atoms with Crippen molar-refractivity contribution < 1.29 is 41.9 Å². The van der Waals surface area contributed by atoms with E-state index in [0.717, 1.165) is 6.08 Å². The van der Waals surface area contributed by atoms with Crippen LogP contribution in [0.2, 0.25) is 0 Å². The van der Waals surface area contributed by atoms with Crippen molar-refractivity contribution in [2.45, 2.75) is 19.0 Å². The Morgan fingerprint density at radius 1 is 1.20 bits per heavy atom. The quantitative estimate of drug-likeness (QED) is 0.483. The van der Waals surface area contributed by atoms with E-state index < -0.39 is 11.7 Å². The summed E-state index contributed by atoms with van der Waals surface area (Å²) >= 11 is 0. The van der Waals surface area contributed by atoms with Crippen LogP contribution in [0, 0.1) is 6.08 Å².